The van der Waals surface area contributed by atoms with Crippen molar-refractivity contribution in [3.05, 3.63) is 72.1 Å². The summed E-state index contributed by atoms with van der Waals surface area (Å²) in [6.45, 7) is 3.16. The van der Waals surface area contributed by atoms with E-state index in [1.807, 2.05) is 47.4 Å². The zero-order valence-electron chi connectivity index (χ0n) is 18.6. The average molecular weight is 456 g/mol. The van der Waals surface area contributed by atoms with Crippen LogP contribution in [0.1, 0.15) is 12.1 Å². The van der Waals surface area contributed by atoms with Crippen LogP contribution in [0.15, 0.2) is 71.4 Å². The molecule has 10 heteroatoms. The molecule has 0 amide bonds. The van der Waals surface area contributed by atoms with Gasteiger partial charge < -0.3 is 24.7 Å². The molecule has 172 valence electrons. The van der Waals surface area contributed by atoms with Gasteiger partial charge in [0.15, 0.2) is 17.8 Å². The molecule has 0 spiro atoms. The summed E-state index contributed by atoms with van der Waals surface area (Å²) in [5.74, 6) is 1.61. The third-order valence-electron chi connectivity index (χ3n) is 5.95. The minimum atomic E-state index is -0.424. The lowest BCUT2D eigenvalue weighted by Crippen LogP contribution is -2.36. The van der Waals surface area contributed by atoms with E-state index in [2.05, 4.69) is 42.6 Å². The van der Waals surface area contributed by atoms with Crippen molar-refractivity contribution in [2.45, 2.75) is 12.7 Å². The maximum absolute atomic E-state index is 5.94. The van der Waals surface area contributed by atoms with Gasteiger partial charge in [-0.1, -0.05) is 6.08 Å². The van der Waals surface area contributed by atoms with E-state index in [9.17, 15) is 0 Å². The number of nitrogens with one attached hydrogen (secondary N) is 2. The zero-order chi connectivity index (χ0) is 22.9. The van der Waals surface area contributed by atoms with Gasteiger partial charge in [-0.15, -0.1) is 0 Å². The Morgan fingerprint density at radius 2 is 2.06 bits per heavy atom. The van der Waals surface area contributed by atoms with Crippen LogP contribution >= 0.6 is 0 Å². The number of aliphatic imine (C=N–C) groups is 1. The second kappa shape index (κ2) is 8.73. The average Bonchev–Trinajstić information content (AvgIpc) is 3.16. The van der Waals surface area contributed by atoms with E-state index in [0.717, 1.165) is 72.4 Å². The highest BCUT2D eigenvalue weighted by Crippen LogP contribution is 2.27. The Kier molecular flexibility index (Phi) is 5.28. The number of imidazole rings is 1. The first-order chi connectivity index (χ1) is 16.7. The fraction of sp³-hybridized carbons (Fsp3) is 0.250. The minimum Gasteiger partial charge on any atom is -0.378 e. The number of morpholine rings is 1. The largest absolute Gasteiger partial charge is 0.378 e. The van der Waals surface area contributed by atoms with Crippen LogP contribution in [0.4, 0.5) is 17.3 Å². The van der Waals surface area contributed by atoms with Crippen molar-refractivity contribution in [1.82, 2.24) is 24.7 Å². The number of hydrogen-bond donors (Lipinski definition) is 3. The number of nitrogens with zero attached hydrogens (tertiary/aromatic N) is 6. The molecular weight excluding hydrogens is 430 g/mol. The van der Waals surface area contributed by atoms with Gasteiger partial charge >= 0.3 is 0 Å². The molecular formula is C24H25N9O. The number of fused-ring (bicyclic) bond motifs is 3. The number of hydrogen-bond acceptors (Lipinski definition) is 9. The lowest BCUT2D eigenvalue weighted by molar-refractivity contribution is 0.122. The first kappa shape index (κ1) is 20.6. The monoisotopic (exact) mass is 455 g/mol. The van der Waals surface area contributed by atoms with Crippen LogP contribution in [0.5, 0.6) is 0 Å². The molecule has 5 heterocycles. The molecule has 10 nitrogen and oxygen atoms in total. The lowest BCUT2D eigenvalue weighted by atomic mass is 10.1. The third kappa shape index (κ3) is 4.16. The molecule has 6 rings (SSSR count). The molecule has 3 aliphatic rings. The van der Waals surface area contributed by atoms with Gasteiger partial charge in [0, 0.05) is 55.6 Å². The third-order valence-corrected chi connectivity index (χ3v) is 5.95. The van der Waals surface area contributed by atoms with Crippen molar-refractivity contribution < 1.29 is 4.74 Å². The maximum atomic E-state index is 5.94. The zero-order valence-corrected chi connectivity index (χ0v) is 18.6. The molecule has 3 aromatic heterocycles. The predicted molar refractivity (Wildman–Crippen MR) is 132 cm³/mol. The van der Waals surface area contributed by atoms with Crippen molar-refractivity contribution in [2.24, 2.45) is 10.7 Å². The number of ether oxygens (including phenoxy) is 1. The smallest absolute Gasteiger partial charge is 0.180 e. The van der Waals surface area contributed by atoms with Crippen LogP contribution in [0.2, 0.25) is 0 Å². The lowest BCUT2D eigenvalue weighted by Gasteiger charge is -2.27. The number of nitrogens with two attached hydrogens (primary N) is 1. The highest BCUT2D eigenvalue weighted by molar-refractivity contribution is 5.88. The molecule has 1 atom stereocenters. The Labute approximate surface area is 196 Å². The molecule has 4 N–H and O–H groups in total. The van der Waals surface area contributed by atoms with Crippen molar-refractivity contribution >= 4 is 34.8 Å². The standard InChI is InChI=1S/C24H25N9O/c25-24-28-13-16-11-17(1-2-18(12-16)30-24)20-15-33-6-5-26-23(33)22(31-20)29-19-3-4-21(27-14-19)32-7-9-34-10-8-32/h1-6,11,13-15,24,30H,7-10,12,25H2,(H,29,31). The van der Waals surface area contributed by atoms with Gasteiger partial charge in [0.05, 0.1) is 30.8 Å². The number of anilines is 3. The number of aromatic nitrogens is 4. The Morgan fingerprint density at radius 3 is 2.91 bits per heavy atom. The Hall–Kier alpha value is -4.02. The van der Waals surface area contributed by atoms with Crippen LogP contribution in [-0.4, -0.2) is 58.2 Å². The van der Waals surface area contributed by atoms with Gasteiger partial charge in [0.1, 0.15) is 5.82 Å². The summed E-state index contributed by atoms with van der Waals surface area (Å²) in [4.78, 5) is 20.6. The van der Waals surface area contributed by atoms with E-state index in [1.165, 1.54) is 0 Å². The van der Waals surface area contributed by atoms with Gasteiger partial charge in [0.2, 0.25) is 0 Å². The fourth-order valence-corrected chi connectivity index (χ4v) is 4.24. The fourth-order valence-electron chi connectivity index (χ4n) is 4.24. The molecule has 1 fully saturated rings. The summed E-state index contributed by atoms with van der Waals surface area (Å²) >= 11 is 0. The molecule has 0 saturated carbocycles. The van der Waals surface area contributed by atoms with Gasteiger partial charge in [0.25, 0.3) is 0 Å². The molecule has 1 saturated heterocycles. The Balaban J connectivity index is 1.31. The molecule has 0 radical (unpaired) electrons. The first-order valence-electron chi connectivity index (χ1n) is 11.3. The van der Waals surface area contributed by atoms with E-state index in [0.29, 0.717) is 5.82 Å². The highest BCUT2D eigenvalue weighted by atomic mass is 16.5. The number of pyridine rings is 1. The van der Waals surface area contributed by atoms with Gasteiger partial charge in [-0.05, 0) is 29.9 Å². The number of rotatable bonds is 4. The maximum Gasteiger partial charge on any atom is 0.180 e. The predicted octanol–water partition coefficient (Wildman–Crippen LogP) is 2.22. The van der Waals surface area contributed by atoms with Crippen LogP contribution < -0.4 is 21.3 Å². The highest BCUT2D eigenvalue weighted by Gasteiger charge is 2.16. The molecule has 1 unspecified atom stereocenters. The molecule has 0 aromatic carbocycles. The summed E-state index contributed by atoms with van der Waals surface area (Å²) in [6, 6.07) is 4.03. The minimum absolute atomic E-state index is 0.424. The molecule has 34 heavy (non-hydrogen) atoms. The van der Waals surface area contributed by atoms with E-state index in [-0.39, 0.29) is 0 Å². The second-order valence-corrected chi connectivity index (χ2v) is 8.34. The van der Waals surface area contributed by atoms with Crippen LogP contribution in [-0.2, 0) is 4.74 Å². The molecule has 3 aromatic rings. The molecule has 2 bridgehead atoms. The summed E-state index contributed by atoms with van der Waals surface area (Å²) in [6.07, 6.45) is 15.8. The summed E-state index contributed by atoms with van der Waals surface area (Å²) in [5, 5.41) is 6.61. The van der Waals surface area contributed by atoms with Crippen molar-refractivity contribution in [2.75, 3.05) is 36.5 Å². The van der Waals surface area contributed by atoms with Gasteiger partial charge in [-0.2, -0.15) is 0 Å². The van der Waals surface area contributed by atoms with Crippen LogP contribution in [0, 0.1) is 0 Å². The second-order valence-electron chi connectivity index (χ2n) is 8.34. The normalized spacial score (nSPS) is 20.1. The molecule has 2 aliphatic heterocycles. The Morgan fingerprint density at radius 1 is 1.15 bits per heavy atom. The quantitative estimate of drug-likeness (QED) is 0.548. The molecule has 1 aliphatic carbocycles. The SMILES string of the molecule is NC1N=CC2=CC(c3cn4ccnc4c(Nc4ccc(N5CCOCC5)nc4)n3)=CC=C(C2)N1. The number of allylic oxidation sites excluding steroid dienone is 5. The van der Waals surface area contributed by atoms with E-state index >= 15 is 0 Å². The van der Waals surface area contributed by atoms with Gasteiger partial charge in [-0.3, -0.25) is 10.7 Å². The first-order valence-corrected chi connectivity index (χ1v) is 11.3. The van der Waals surface area contributed by atoms with Gasteiger partial charge in [-0.25, -0.2) is 15.0 Å². The van der Waals surface area contributed by atoms with E-state index < -0.39 is 6.29 Å². The van der Waals surface area contributed by atoms with Crippen molar-refractivity contribution in [3.63, 3.8) is 0 Å². The Bertz CT molecular complexity index is 1330. The van der Waals surface area contributed by atoms with Crippen molar-refractivity contribution in [1.29, 1.82) is 0 Å². The van der Waals surface area contributed by atoms with Crippen molar-refractivity contribution in [3.8, 4) is 0 Å². The van der Waals surface area contributed by atoms with E-state index in [1.54, 1.807) is 6.20 Å². The van der Waals surface area contributed by atoms with Crippen LogP contribution in [0.3, 0.4) is 0 Å². The summed E-state index contributed by atoms with van der Waals surface area (Å²) in [7, 11) is 0. The van der Waals surface area contributed by atoms with Crippen LogP contribution in [0.25, 0.3) is 11.2 Å². The summed E-state index contributed by atoms with van der Waals surface area (Å²) < 4.78 is 7.40. The summed E-state index contributed by atoms with van der Waals surface area (Å²) in [5.41, 5.74) is 11.4. The van der Waals surface area contributed by atoms with E-state index in [4.69, 9.17) is 15.5 Å². The topological polar surface area (TPSA) is 118 Å².